The molecule has 1 rings (SSSR count). The van der Waals surface area contributed by atoms with E-state index in [4.69, 9.17) is 15.2 Å². The molecule has 1 atom stereocenters. The van der Waals surface area contributed by atoms with Crippen LogP contribution >= 0.6 is 0 Å². The van der Waals surface area contributed by atoms with E-state index < -0.39 is 4.92 Å². The molecule has 0 aliphatic heterocycles. The highest BCUT2D eigenvalue weighted by Crippen LogP contribution is 2.34. The van der Waals surface area contributed by atoms with Crippen LogP contribution in [0.3, 0.4) is 0 Å². The van der Waals surface area contributed by atoms with Crippen LogP contribution in [0.5, 0.6) is 11.5 Å². The van der Waals surface area contributed by atoms with Crippen molar-refractivity contribution >= 4 is 11.6 Å². The quantitative estimate of drug-likeness (QED) is 0.523. The predicted molar refractivity (Wildman–Crippen MR) is 85.8 cm³/mol. The third-order valence-corrected chi connectivity index (χ3v) is 3.32. The number of nitrogens with two attached hydrogens (primary N) is 1. The van der Waals surface area contributed by atoms with Crippen molar-refractivity contribution in [1.29, 1.82) is 0 Å². The summed E-state index contributed by atoms with van der Waals surface area (Å²) in [7, 11) is 2.88. The van der Waals surface area contributed by atoms with Crippen molar-refractivity contribution in [3.63, 3.8) is 0 Å². The number of hydrogen-bond acceptors (Lipinski definition) is 6. The number of methoxy groups -OCH3 is 2. The van der Waals surface area contributed by atoms with Crippen LogP contribution in [-0.4, -0.2) is 37.6 Å². The number of carbonyl (C=O) groups excluding carboxylic acids is 1. The monoisotopic (exact) mass is 325 g/mol. The summed E-state index contributed by atoms with van der Waals surface area (Å²) in [5, 5.41) is 13.9. The van der Waals surface area contributed by atoms with Crippen molar-refractivity contribution in [2.75, 3.05) is 20.8 Å². The van der Waals surface area contributed by atoms with Crippen LogP contribution in [-0.2, 0) is 11.2 Å². The fourth-order valence-electron chi connectivity index (χ4n) is 2.06. The third-order valence-electron chi connectivity index (χ3n) is 3.32. The van der Waals surface area contributed by atoms with E-state index in [9.17, 15) is 14.9 Å². The number of amides is 1. The Balaban J connectivity index is 2.75. The Morgan fingerprint density at radius 2 is 1.96 bits per heavy atom. The third kappa shape index (κ3) is 5.74. The van der Waals surface area contributed by atoms with E-state index in [2.05, 4.69) is 5.32 Å². The molecule has 0 aromatic heterocycles. The first kappa shape index (κ1) is 18.7. The zero-order valence-electron chi connectivity index (χ0n) is 13.6. The molecule has 0 aliphatic rings. The van der Waals surface area contributed by atoms with E-state index in [1.807, 2.05) is 6.92 Å². The molecule has 8 heteroatoms. The normalized spacial score (nSPS) is 11.7. The Morgan fingerprint density at radius 1 is 1.35 bits per heavy atom. The van der Waals surface area contributed by atoms with E-state index >= 15 is 0 Å². The Hall–Kier alpha value is -2.35. The second-order valence-electron chi connectivity index (χ2n) is 5.21. The maximum atomic E-state index is 11.6. The Morgan fingerprint density at radius 3 is 2.48 bits per heavy atom. The van der Waals surface area contributed by atoms with E-state index in [1.165, 1.54) is 20.3 Å². The molecule has 8 nitrogen and oxygen atoms in total. The van der Waals surface area contributed by atoms with Crippen molar-refractivity contribution < 1.29 is 19.2 Å². The molecule has 0 bridgehead atoms. The van der Waals surface area contributed by atoms with Crippen molar-refractivity contribution in [3.05, 3.63) is 27.8 Å². The number of benzene rings is 1. The summed E-state index contributed by atoms with van der Waals surface area (Å²) in [5.74, 6) is 0.589. The standard InChI is InChI=1S/C15H23N3O5/c1-10(16)4-5-15(19)17-7-6-11-8-13(22-2)14(23-3)9-12(11)18(20)21/h8-10H,4-7,16H2,1-3H3,(H,17,19). The molecule has 1 aromatic rings. The summed E-state index contributed by atoms with van der Waals surface area (Å²) in [6, 6.07) is 2.85. The Kier molecular flexibility index (Phi) is 7.27. The van der Waals surface area contributed by atoms with E-state index in [0.29, 0.717) is 42.9 Å². The molecule has 128 valence electrons. The van der Waals surface area contributed by atoms with Gasteiger partial charge in [-0.05, 0) is 25.8 Å². The molecule has 23 heavy (non-hydrogen) atoms. The van der Waals surface area contributed by atoms with Crippen molar-refractivity contribution in [2.24, 2.45) is 5.73 Å². The molecule has 1 aromatic carbocycles. The van der Waals surface area contributed by atoms with E-state index in [0.717, 1.165) is 0 Å². The molecule has 1 unspecified atom stereocenters. The van der Waals surface area contributed by atoms with Gasteiger partial charge in [-0.3, -0.25) is 14.9 Å². The number of nitrogens with zero attached hydrogens (tertiary/aromatic N) is 1. The molecule has 0 heterocycles. The van der Waals surface area contributed by atoms with Gasteiger partial charge < -0.3 is 20.5 Å². The Labute approximate surface area is 135 Å². The van der Waals surface area contributed by atoms with Crippen LogP contribution in [0.4, 0.5) is 5.69 Å². The summed E-state index contributed by atoms with van der Waals surface area (Å²) in [5.41, 5.74) is 6.00. The number of rotatable bonds is 9. The number of nitro benzene ring substituents is 1. The molecule has 0 saturated carbocycles. The average Bonchev–Trinajstić information content (AvgIpc) is 2.51. The maximum Gasteiger partial charge on any atom is 0.276 e. The van der Waals surface area contributed by atoms with Crippen LogP contribution in [0.15, 0.2) is 12.1 Å². The predicted octanol–water partition coefficient (Wildman–Crippen LogP) is 1.40. The van der Waals surface area contributed by atoms with E-state index in [1.54, 1.807) is 6.07 Å². The number of hydrogen-bond donors (Lipinski definition) is 2. The van der Waals surface area contributed by atoms with Crippen LogP contribution < -0.4 is 20.5 Å². The highest BCUT2D eigenvalue weighted by molar-refractivity contribution is 5.75. The Bertz CT molecular complexity index is 560. The fraction of sp³-hybridized carbons (Fsp3) is 0.533. The van der Waals surface area contributed by atoms with Crippen molar-refractivity contribution in [1.82, 2.24) is 5.32 Å². The van der Waals surface area contributed by atoms with Crippen LogP contribution in [0.1, 0.15) is 25.3 Å². The van der Waals surface area contributed by atoms with Gasteiger partial charge in [-0.2, -0.15) is 0 Å². The molecule has 0 saturated heterocycles. The number of nitro groups is 1. The van der Waals surface area contributed by atoms with Crippen LogP contribution in [0.25, 0.3) is 0 Å². The summed E-state index contributed by atoms with van der Waals surface area (Å²) >= 11 is 0. The molecular weight excluding hydrogens is 302 g/mol. The van der Waals surface area contributed by atoms with Gasteiger partial charge in [-0.15, -0.1) is 0 Å². The maximum absolute atomic E-state index is 11.6. The molecule has 3 N–H and O–H groups in total. The van der Waals surface area contributed by atoms with Gasteiger partial charge in [0, 0.05) is 24.6 Å². The SMILES string of the molecule is COc1cc(CCNC(=O)CCC(C)N)c([N+](=O)[O-])cc1OC. The second kappa shape index (κ2) is 8.94. The summed E-state index contributed by atoms with van der Waals surface area (Å²) in [4.78, 5) is 22.3. The highest BCUT2D eigenvalue weighted by Gasteiger charge is 2.19. The smallest absolute Gasteiger partial charge is 0.276 e. The highest BCUT2D eigenvalue weighted by atomic mass is 16.6. The minimum Gasteiger partial charge on any atom is -0.493 e. The summed E-state index contributed by atoms with van der Waals surface area (Å²) in [6.07, 6.45) is 1.26. The summed E-state index contributed by atoms with van der Waals surface area (Å²) in [6.45, 7) is 2.13. The average molecular weight is 325 g/mol. The lowest BCUT2D eigenvalue weighted by atomic mass is 10.1. The minimum atomic E-state index is -0.477. The van der Waals surface area contributed by atoms with Crippen molar-refractivity contribution in [2.45, 2.75) is 32.2 Å². The topological polar surface area (TPSA) is 117 Å². The molecule has 0 fully saturated rings. The first-order valence-corrected chi connectivity index (χ1v) is 7.30. The van der Waals surface area contributed by atoms with E-state index in [-0.39, 0.29) is 17.6 Å². The first-order valence-electron chi connectivity index (χ1n) is 7.30. The van der Waals surface area contributed by atoms with Gasteiger partial charge in [-0.25, -0.2) is 0 Å². The lowest BCUT2D eigenvalue weighted by Crippen LogP contribution is -2.27. The van der Waals surface area contributed by atoms with Gasteiger partial charge in [0.05, 0.1) is 25.2 Å². The van der Waals surface area contributed by atoms with Gasteiger partial charge in [-0.1, -0.05) is 0 Å². The molecule has 0 spiro atoms. The van der Waals surface area contributed by atoms with Gasteiger partial charge in [0.15, 0.2) is 11.5 Å². The van der Waals surface area contributed by atoms with Gasteiger partial charge in [0.1, 0.15) is 0 Å². The summed E-state index contributed by atoms with van der Waals surface area (Å²) < 4.78 is 10.2. The zero-order chi connectivity index (χ0) is 17.4. The minimum absolute atomic E-state index is 0.0345. The number of nitrogens with one attached hydrogen (secondary N) is 1. The molecule has 1 amide bonds. The van der Waals surface area contributed by atoms with Gasteiger partial charge >= 0.3 is 0 Å². The van der Waals surface area contributed by atoms with Crippen molar-refractivity contribution in [3.8, 4) is 11.5 Å². The van der Waals surface area contributed by atoms with Crippen LogP contribution in [0.2, 0.25) is 0 Å². The zero-order valence-corrected chi connectivity index (χ0v) is 13.6. The van der Waals surface area contributed by atoms with Crippen LogP contribution in [0, 0.1) is 10.1 Å². The number of ether oxygens (including phenoxy) is 2. The molecule has 0 aliphatic carbocycles. The second-order valence-corrected chi connectivity index (χ2v) is 5.21. The number of carbonyl (C=O) groups is 1. The first-order chi connectivity index (χ1) is 10.9. The van der Waals surface area contributed by atoms with Gasteiger partial charge in [0.2, 0.25) is 5.91 Å². The van der Waals surface area contributed by atoms with Gasteiger partial charge in [0.25, 0.3) is 5.69 Å². The lowest BCUT2D eigenvalue weighted by molar-refractivity contribution is -0.385. The largest absolute Gasteiger partial charge is 0.493 e. The molecule has 0 radical (unpaired) electrons. The fourth-order valence-corrected chi connectivity index (χ4v) is 2.06. The lowest BCUT2D eigenvalue weighted by Gasteiger charge is -2.11. The molecular formula is C15H23N3O5.